The van der Waals surface area contributed by atoms with Crippen molar-refractivity contribution in [3.8, 4) is 0 Å². The number of aryl methyl sites for hydroxylation is 2. The van der Waals surface area contributed by atoms with Crippen LogP contribution < -0.4 is 39.8 Å². The zero-order valence-corrected chi connectivity index (χ0v) is 10.3. The number of hydrogen-bond donors (Lipinski definition) is 2. The average Bonchev–Trinajstić information content (AvgIpc) is 2.41. The molecule has 0 atom stereocenters. The Hall–Kier alpha value is -0.820. The number of para-hydroxylation sites is 2. The first-order chi connectivity index (χ1) is 6.25. The largest absolute Gasteiger partial charge is 1.00 e. The molecule has 1 heterocycles. The van der Waals surface area contributed by atoms with E-state index in [0.717, 1.165) is 17.0 Å². The Bertz CT molecular complexity index is 410. The summed E-state index contributed by atoms with van der Waals surface area (Å²) < 4.78 is 4.05. The van der Waals surface area contributed by atoms with Crippen molar-refractivity contribution in [3.05, 3.63) is 24.3 Å². The molecular weight excluding hydrogens is 291 g/mol. The molecule has 0 aliphatic rings. The molecule has 0 bridgehead atoms. The summed E-state index contributed by atoms with van der Waals surface area (Å²) in [5, 5.41) is 0. The Morgan fingerprint density at radius 3 is 2.57 bits per heavy atom. The van der Waals surface area contributed by atoms with Gasteiger partial charge in [0.1, 0.15) is 11.0 Å². The quantitative estimate of drug-likeness (QED) is 0.261. The first-order valence-electron chi connectivity index (χ1n) is 4.15. The molecule has 1 aromatic heterocycles. The smallest absolute Gasteiger partial charge is 0.374 e. The van der Waals surface area contributed by atoms with Gasteiger partial charge in [0, 0.05) is 0 Å². The van der Waals surface area contributed by atoms with E-state index in [1.807, 2.05) is 35.4 Å². The second-order valence-electron chi connectivity index (χ2n) is 3.07. The summed E-state index contributed by atoms with van der Waals surface area (Å²) in [4.78, 5) is 0. The lowest BCUT2D eigenvalue weighted by atomic mass is 10.3. The minimum Gasteiger partial charge on any atom is -1.00 e. The van der Waals surface area contributed by atoms with Gasteiger partial charge in [-0.2, -0.15) is 5.84 Å². The summed E-state index contributed by atoms with van der Waals surface area (Å²) in [5.74, 6) is 6.31. The molecule has 2 aromatic rings. The number of nitrogens with zero attached hydrogens (tertiary/aromatic N) is 2. The first kappa shape index (κ1) is 11.3. The number of nitrogens with one attached hydrogen (secondary N) is 1. The molecule has 0 radical (unpaired) electrons. The minimum atomic E-state index is 0. The van der Waals surface area contributed by atoms with Gasteiger partial charge in [0.15, 0.2) is 0 Å². The van der Waals surface area contributed by atoms with Crippen molar-refractivity contribution in [3.63, 3.8) is 0 Å². The van der Waals surface area contributed by atoms with Gasteiger partial charge >= 0.3 is 5.95 Å². The topological polar surface area (TPSA) is 46.9 Å². The summed E-state index contributed by atoms with van der Waals surface area (Å²) in [7, 11) is 3.97. The van der Waals surface area contributed by atoms with Crippen molar-refractivity contribution in [2.75, 3.05) is 5.43 Å². The fourth-order valence-corrected chi connectivity index (χ4v) is 1.68. The fourth-order valence-electron chi connectivity index (χ4n) is 1.68. The Balaban J connectivity index is 0.000000980. The summed E-state index contributed by atoms with van der Waals surface area (Å²) in [6, 6.07) is 8.16. The molecule has 76 valence electrons. The van der Waals surface area contributed by atoms with Crippen molar-refractivity contribution >= 4 is 17.0 Å². The van der Waals surface area contributed by atoms with Crippen molar-refractivity contribution in [2.45, 2.75) is 0 Å². The number of hydrazine groups is 1. The van der Waals surface area contributed by atoms with Crippen LogP contribution in [0.1, 0.15) is 0 Å². The molecule has 0 saturated heterocycles. The van der Waals surface area contributed by atoms with Gasteiger partial charge in [0.2, 0.25) is 0 Å². The van der Waals surface area contributed by atoms with Gasteiger partial charge in [-0.15, -0.1) is 0 Å². The lowest BCUT2D eigenvalue weighted by Gasteiger charge is -1.93. The zero-order chi connectivity index (χ0) is 9.42. The number of anilines is 1. The Kier molecular flexibility index (Phi) is 3.33. The van der Waals surface area contributed by atoms with Gasteiger partial charge in [0.05, 0.1) is 14.1 Å². The predicted molar refractivity (Wildman–Crippen MR) is 51.9 cm³/mol. The van der Waals surface area contributed by atoms with Crippen molar-refractivity contribution in [1.82, 2.24) is 4.57 Å². The number of nitrogen functional groups attached to an aromatic ring is 1. The molecule has 0 fully saturated rings. The maximum Gasteiger partial charge on any atom is 0.374 e. The van der Waals surface area contributed by atoms with Gasteiger partial charge in [-0.3, -0.25) is 0 Å². The second-order valence-corrected chi connectivity index (χ2v) is 3.07. The zero-order valence-electron chi connectivity index (χ0n) is 8.16. The van der Waals surface area contributed by atoms with E-state index >= 15 is 0 Å². The number of imidazole rings is 1. The first-order valence-corrected chi connectivity index (χ1v) is 4.15. The summed E-state index contributed by atoms with van der Waals surface area (Å²) in [5.41, 5.74) is 5.01. The fraction of sp³-hybridized carbons (Fsp3) is 0.222. The van der Waals surface area contributed by atoms with Crippen LogP contribution >= 0.6 is 0 Å². The summed E-state index contributed by atoms with van der Waals surface area (Å²) >= 11 is 0. The Morgan fingerprint density at radius 1 is 1.36 bits per heavy atom. The molecule has 1 aromatic carbocycles. The molecule has 0 saturated carbocycles. The average molecular weight is 304 g/mol. The van der Waals surface area contributed by atoms with Crippen LogP contribution in [0.4, 0.5) is 5.95 Å². The number of benzene rings is 1. The molecule has 0 aliphatic heterocycles. The van der Waals surface area contributed by atoms with Crippen molar-refractivity contribution in [2.24, 2.45) is 19.9 Å². The molecule has 14 heavy (non-hydrogen) atoms. The standard InChI is InChI=1S/C9H12N4.HI/c1-12-7-5-3-4-6-8(7)13(2)9(12)11-10;/h3-6H,10H2,1-2H3;1H. The van der Waals surface area contributed by atoms with E-state index < -0.39 is 0 Å². The van der Waals surface area contributed by atoms with E-state index in [1.54, 1.807) is 0 Å². The molecule has 0 unspecified atom stereocenters. The van der Waals surface area contributed by atoms with Crippen LogP contribution in [0.5, 0.6) is 0 Å². The normalized spacial score (nSPS) is 9.93. The number of hydrogen-bond acceptors (Lipinski definition) is 2. The highest BCUT2D eigenvalue weighted by molar-refractivity contribution is 5.73. The predicted octanol–water partition coefficient (Wildman–Crippen LogP) is -2.71. The molecule has 0 aliphatic carbocycles. The van der Waals surface area contributed by atoms with Crippen LogP contribution in [-0.4, -0.2) is 4.57 Å². The van der Waals surface area contributed by atoms with Crippen LogP contribution in [-0.2, 0) is 14.1 Å². The number of nitrogens with two attached hydrogens (primary N) is 1. The minimum absolute atomic E-state index is 0. The number of aromatic nitrogens is 2. The Morgan fingerprint density at radius 2 is 2.00 bits per heavy atom. The number of rotatable bonds is 1. The highest BCUT2D eigenvalue weighted by Crippen LogP contribution is 2.13. The lowest BCUT2D eigenvalue weighted by Crippen LogP contribution is -3.00. The summed E-state index contributed by atoms with van der Waals surface area (Å²) in [6.07, 6.45) is 0. The van der Waals surface area contributed by atoms with Crippen LogP contribution in [0.2, 0.25) is 0 Å². The summed E-state index contributed by atoms with van der Waals surface area (Å²) in [6.45, 7) is 0. The van der Waals surface area contributed by atoms with Crippen LogP contribution in [0.3, 0.4) is 0 Å². The van der Waals surface area contributed by atoms with Crippen LogP contribution in [0.25, 0.3) is 11.0 Å². The third-order valence-corrected chi connectivity index (χ3v) is 2.37. The molecule has 5 heteroatoms. The van der Waals surface area contributed by atoms with E-state index in [2.05, 4.69) is 17.6 Å². The highest BCUT2D eigenvalue weighted by Gasteiger charge is 2.16. The third-order valence-electron chi connectivity index (χ3n) is 2.37. The Labute approximate surface area is 99.7 Å². The van der Waals surface area contributed by atoms with Gasteiger partial charge in [-0.05, 0) is 12.1 Å². The van der Waals surface area contributed by atoms with Crippen LogP contribution in [0, 0.1) is 0 Å². The maximum atomic E-state index is 5.42. The number of halogens is 1. The number of fused-ring (bicyclic) bond motifs is 1. The van der Waals surface area contributed by atoms with Crippen molar-refractivity contribution < 1.29 is 28.5 Å². The van der Waals surface area contributed by atoms with Gasteiger partial charge in [-0.1, -0.05) is 12.1 Å². The molecule has 0 amide bonds. The van der Waals surface area contributed by atoms with E-state index in [0.29, 0.717) is 0 Å². The SMILES string of the molecule is Cn1c(NN)[n+](C)c2ccccc21.[I-]. The third kappa shape index (κ3) is 1.46. The maximum absolute atomic E-state index is 5.42. The van der Waals surface area contributed by atoms with E-state index in [4.69, 9.17) is 5.84 Å². The molecular formula is C9H13IN4. The second kappa shape index (κ2) is 4.14. The molecule has 0 spiro atoms. The van der Waals surface area contributed by atoms with Gasteiger partial charge < -0.3 is 24.0 Å². The van der Waals surface area contributed by atoms with Gasteiger partial charge in [0.25, 0.3) is 0 Å². The lowest BCUT2D eigenvalue weighted by molar-refractivity contribution is -0.630. The molecule has 2 rings (SSSR count). The highest BCUT2D eigenvalue weighted by atomic mass is 127. The van der Waals surface area contributed by atoms with Gasteiger partial charge in [-0.25, -0.2) is 14.6 Å². The van der Waals surface area contributed by atoms with E-state index in [-0.39, 0.29) is 24.0 Å². The monoisotopic (exact) mass is 304 g/mol. The molecule has 3 N–H and O–H groups in total. The van der Waals surface area contributed by atoms with Crippen molar-refractivity contribution in [1.29, 1.82) is 0 Å². The van der Waals surface area contributed by atoms with E-state index in [1.165, 1.54) is 0 Å². The molecule has 4 nitrogen and oxygen atoms in total. The van der Waals surface area contributed by atoms with E-state index in [9.17, 15) is 0 Å². The van der Waals surface area contributed by atoms with Crippen LogP contribution in [0.15, 0.2) is 24.3 Å².